The van der Waals surface area contributed by atoms with Crippen LogP contribution >= 0.6 is 0 Å². The van der Waals surface area contributed by atoms with Crippen molar-refractivity contribution in [3.8, 4) is 0 Å². The lowest BCUT2D eigenvalue weighted by Gasteiger charge is -2.16. The van der Waals surface area contributed by atoms with Gasteiger partial charge in [0.25, 0.3) is 5.91 Å². The predicted octanol–water partition coefficient (Wildman–Crippen LogP) is 3.95. The number of rotatable bonds is 4. The number of hydrogen-bond acceptors (Lipinski definition) is 3. The van der Waals surface area contributed by atoms with Crippen LogP contribution < -0.4 is 0 Å². The highest BCUT2D eigenvalue weighted by Gasteiger charge is 2.30. The van der Waals surface area contributed by atoms with Crippen LogP contribution in [0.5, 0.6) is 0 Å². The van der Waals surface area contributed by atoms with Crippen molar-refractivity contribution in [2.24, 2.45) is 5.92 Å². The second-order valence-electron chi connectivity index (χ2n) is 6.91. The second kappa shape index (κ2) is 6.75. The van der Waals surface area contributed by atoms with E-state index < -0.39 is 0 Å². The number of benzene rings is 1. The fraction of sp³-hybridized carbons (Fsp3) is 0.474. The molecular formula is C19H23FN2O2. The van der Waals surface area contributed by atoms with Crippen molar-refractivity contribution in [2.45, 2.75) is 39.5 Å². The maximum atomic E-state index is 13.7. The fourth-order valence-corrected chi connectivity index (χ4v) is 3.26. The van der Waals surface area contributed by atoms with Crippen molar-refractivity contribution in [3.05, 3.63) is 53.0 Å². The molecule has 3 rings (SSSR count). The van der Waals surface area contributed by atoms with E-state index in [4.69, 9.17) is 4.42 Å². The Morgan fingerprint density at radius 3 is 2.96 bits per heavy atom. The van der Waals surface area contributed by atoms with E-state index in [0.29, 0.717) is 36.0 Å². The Morgan fingerprint density at radius 1 is 1.46 bits per heavy atom. The molecule has 1 fully saturated rings. The van der Waals surface area contributed by atoms with Gasteiger partial charge >= 0.3 is 0 Å². The highest BCUT2D eigenvalue weighted by Crippen LogP contribution is 2.25. The number of amides is 1. The molecule has 0 saturated carbocycles. The number of aryl methyl sites for hydroxylation is 1. The van der Waals surface area contributed by atoms with Crippen molar-refractivity contribution >= 4 is 5.91 Å². The molecule has 0 aliphatic carbocycles. The molecule has 24 heavy (non-hydrogen) atoms. The predicted molar refractivity (Wildman–Crippen MR) is 89.4 cm³/mol. The van der Waals surface area contributed by atoms with Gasteiger partial charge in [-0.3, -0.25) is 4.79 Å². The Kier molecular flexibility index (Phi) is 4.69. The summed E-state index contributed by atoms with van der Waals surface area (Å²) < 4.78 is 19.0. The van der Waals surface area contributed by atoms with Gasteiger partial charge in [0.1, 0.15) is 11.6 Å². The van der Waals surface area contributed by atoms with Gasteiger partial charge in [-0.15, -0.1) is 0 Å². The van der Waals surface area contributed by atoms with Crippen LogP contribution in [0.3, 0.4) is 0 Å². The molecule has 1 saturated heterocycles. The Balaban J connectivity index is 1.65. The minimum atomic E-state index is -0.164. The molecule has 128 valence electrons. The lowest BCUT2D eigenvalue weighted by Crippen LogP contribution is -2.30. The molecule has 0 bridgehead atoms. The minimum Gasteiger partial charge on any atom is -0.447 e. The Bertz CT molecular complexity index is 739. The third kappa shape index (κ3) is 3.35. The minimum absolute atomic E-state index is 0.0648. The molecule has 2 aromatic rings. The summed E-state index contributed by atoms with van der Waals surface area (Å²) in [6.45, 7) is 7.12. The zero-order chi connectivity index (χ0) is 17.3. The molecule has 5 heteroatoms. The standard InChI is InChI=1S/C19H23FN2O2/c1-12(2)18-17(21-11-24-18)19(23)22-7-6-15(10-22)8-14-5-4-13(3)16(20)9-14/h4-5,9,11-12,15H,6-8,10H2,1-3H3. The number of aromatic nitrogens is 1. The van der Waals surface area contributed by atoms with Gasteiger partial charge in [0.2, 0.25) is 0 Å². The summed E-state index contributed by atoms with van der Waals surface area (Å²) in [5, 5.41) is 0. The Hall–Kier alpha value is -2.17. The van der Waals surface area contributed by atoms with E-state index in [1.807, 2.05) is 30.9 Å². The van der Waals surface area contributed by atoms with Crippen LogP contribution in [0.2, 0.25) is 0 Å². The van der Waals surface area contributed by atoms with Crippen LogP contribution in [0.25, 0.3) is 0 Å². The highest BCUT2D eigenvalue weighted by atomic mass is 19.1. The third-order valence-electron chi connectivity index (χ3n) is 4.66. The lowest BCUT2D eigenvalue weighted by atomic mass is 9.98. The van der Waals surface area contributed by atoms with Crippen LogP contribution in [-0.2, 0) is 6.42 Å². The van der Waals surface area contributed by atoms with Gasteiger partial charge in [0.15, 0.2) is 12.1 Å². The summed E-state index contributed by atoms with van der Waals surface area (Å²) in [5.41, 5.74) is 2.07. The second-order valence-corrected chi connectivity index (χ2v) is 6.91. The average molecular weight is 330 g/mol. The van der Waals surface area contributed by atoms with E-state index in [1.165, 1.54) is 6.39 Å². The van der Waals surface area contributed by atoms with Gasteiger partial charge < -0.3 is 9.32 Å². The third-order valence-corrected chi connectivity index (χ3v) is 4.66. The molecule has 1 aliphatic rings. The number of carbonyl (C=O) groups excluding carboxylic acids is 1. The number of oxazole rings is 1. The maximum absolute atomic E-state index is 13.7. The molecular weight excluding hydrogens is 307 g/mol. The lowest BCUT2D eigenvalue weighted by molar-refractivity contribution is 0.0779. The maximum Gasteiger partial charge on any atom is 0.276 e. The van der Waals surface area contributed by atoms with Gasteiger partial charge in [-0.05, 0) is 42.9 Å². The Morgan fingerprint density at radius 2 is 2.25 bits per heavy atom. The zero-order valence-corrected chi connectivity index (χ0v) is 14.4. The SMILES string of the molecule is Cc1ccc(CC2CCN(C(=O)c3ncoc3C(C)C)C2)cc1F. The molecule has 1 aliphatic heterocycles. The van der Waals surface area contributed by atoms with Gasteiger partial charge in [-0.25, -0.2) is 9.37 Å². The molecule has 1 aromatic carbocycles. The van der Waals surface area contributed by atoms with Crippen LogP contribution in [0.4, 0.5) is 4.39 Å². The molecule has 2 heterocycles. The van der Waals surface area contributed by atoms with Gasteiger partial charge in [0, 0.05) is 19.0 Å². The summed E-state index contributed by atoms with van der Waals surface area (Å²) >= 11 is 0. The molecule has 0 radical (unpaired) electrons. The van der Waals surface area contributed by atoms with Gasteiger partial charge in [-0.2, -0.15) is 0 Å². The van der Waals surface area contributed by atoms with Crippen LogP contribution in [0.1, 0.15) is 53.6 Å². The highest BCUT2D eigenvalue weighted by molar-refractivity contribution is 5.93. The van der Waals surface area contributed by atoms with E-state index in [9.17, 15) is 9.18 Å². The van der Waals surface area contributed by atoms with Crippen molar-refractivity contribution in [1.82, 2.24) is 9.88 Å². The monoisotopic (exact) mass is 330 g/mol. The normalized spacial score (nSPS) is 17.7. The molecule has 1 atom stereocenters. The summed E-state index contributed by atoms with van der Waals surface area (Å²) in [4.78, 5) is 18.6. The first-order valence-electron chi connectivity index (χ1n) is 8.43. The van der Waals surface area contributed by atoms with Crippen molar-refractivity contribution in [2.75, 3.05) is 13.1 Å². The van der Waals surface area contributed by atoms with E-state index in [0.717, 1.165) is 18.4 Å². The molecule has 4 nitrogen and oxygen atoms in total. The summed E-state index contributed by atoms with van der Waals surface area (Å²) in [6.07, 6.45) is 3.05. The number of likely N-dealkylation sites (tertiary alicyclic amines) is 1. The number of carbonyl (C=O) groups is 1. The largest absolute Gasteiger partial charge is 0.447 e. The topological polar surface area (TPSA) is 46.3 Å². The summed E-state index contributed by atoms with van der Waals surface area (Å²) in [5.74, 6) is 0.891. The number of nitrogens with zero attached hydrogens (tertiary/aromatic N) is 2. The van der Waals surface area contributed by atoms with Crippen LogP contribution in [-0.4, -0.2) is 28.9 Å². The molecule has 0 spiro atoms. The number of halogens is 1. The van der Waals surface area contributed by atoms with E-state index in [-0.39, 0.29) is 17.6 Å². The van der Waals surface area contributed by atoms with E-state index in [1.54, 1.807) is 13.0 Å². The van der Waals surface area contributed by atoms with E-state index in [2.05, 4.69) is 4.98 Å². The van der Waals surface area contributed by atoms with Crippen LogP contribution in [0, 0.1) is 18.7 Å². The first-order valence-corrected chi connectivity index (χ1v) is 8.43. The van der Waals surface area contributed by atoms with Gasteiger partial charge in [0.05, 0.1) is 0 Å². The van der Waals surface area contributed by atoms with Gasteiger partial charge in [-0.1, -0.05) is 26.0 Å². The summed E-state index contributed by atoms with van der Waals surface area (Å²) in [6, 6.07) is 5.39. The zero-order valence-electron chi connectivity index (χ0n) is 14.4. The van der Waals surface area contributed by atoms with Crippen LogP contribution in [0.15, 0.2) is 29.0 Å². The first-order chi connectivity index (χ1) is 11.5. The van der Waals surface area contributed by atoms with Crippen molar-refractivity contribution in [3.63, 3.8) is 0 Å². The average Bonchev–Trinajstić information content (AvgIpc) is 3.19. The number of hydrogen-bond donors (Lipinski definition) is 0. The molecule has 0 N–H and O–H groups in total. The molecule has 1 unspecified atom stereocenters. The first kappa shape index (κ1) is 16.7. The fourth-order valence-electron chi connectivity index (χ4n) is 3.26. The van der Waals surface area contributed by atoms with Crippen molar-refractivity contribution in [1.29, 1.82) is 0 Å². The smallest absolute Gasteiger partial charge is 0.276 e. The Labute approximate surface area is 141 Å². The van der Waals surface area contributed by atoms with Crippen molar-refractivity contribution < 1.29 is 13.6 Å². The summed E-state index contributed by atoms with van der Waals surface area (Å²) in [7, 11) is 0. The quantitative estimate of drug-likeness (QED) is 0.853. The molecule has 1 aromatic heterocycles. The van der Waals surface area contributed by atoms with E-state index >= 15 is 0 Å². The molecule has 1 amide bonds.